The van der Waals surface area contributed by atoms with Crippen molar-refractivity contribution in [2.75, 3.05) is 6.54 Å². The molecule has 0 bridgehead atoms. The average Bonchev–Trinajstić information content (AvgIpc) is 2.37. The van der Waals surface area contributed by atoms with Crippen LogP contribution in [0.2, 0.25) is 0 Å². The summed E-state index contributed by atoms with van der Waals surface area (Å²) in [6.45, 7) is 1.87. The van der Waals surface area contributed by atoms with Crippen LogP contribution in [-0.2, 0) is 10.0 Å². The number of rotatable bonds is 3. The van der Waals surface area contributed by atoms with Crippen LogP contribution in [0.3, 0.4) is 0 Å². The van der Waals surface area contributed by atoms with E-state index in [4.69, 9.17) is 5.73 Å². The number of hydrogen-bond acceptors (Lipinski definition) is 3. The molecule has 1 aromatic carbocycles. The Morgan fingerprint density at radius 3 is 2.45 bits per heavy atom. The summed E-state index contributed by atoms with van der Waals surface area (Å²) in [6.07, 6.45) is 2.12. The molecule has 1 aliphatic heterocycles. The molecule has 0 aromatic heterocycles. The summed E-state index contributed by atoms with van der Waals surface area (Å²) in [6, 6.07) is 2.30. The SMILES string of the molecule is CC1CCCC(CN)N1S(=O)(=O)c1c(F)cccc1F. The van der Waals surface area contributed by atoms with Gasteiger partial charge in [0, 0.05) is 18.6 Å². The molecule has 1 aliphatic rings. The Balaban J connectivity index is 2.53. The van der Waals surface area contributed by atoms with Gasteiger partial charge in [-0.15, -0.1) is 0 Å². The van der Waals surface area contributed by atoms with Gasteiger partial charge in [0.2, 0.25) is 10.0 Å². The third-order valence-electron chi connectivity index (χ3n) is 3.68. The fourth-order valence-electron chi connectivity index (χ4n) is 2.75. The predicted molar refractivity (Wildman–Crippen MR) is 71.5 cm³/mol. The zero-order valence-corrected chi connectivity index (χ0v) is 12.0. The highest BCUT2D eigenvalue weighted by molar-refractivity contribution is 7.89. The Morgan fingerprint density at radius 1 is 1.30 bits per heavy atom. The Kier molecular flexibility index (Phi) is 4.41. The number of nitrogens with zero attached hydrogens (tertiary/aromatic N) is 1. The van der Waals surface area contributed by atoms with Crippen LogP contribution < -0.4 is 5.73 Å². The van der Waals surface area contributed by atoms with E-state index in [9.17, 15) is 17.2 Å². The molecule has 1 fully saturated rings. The predicted octanol–water partition coefficient (Wildman–Crippen LogP) is 1.86. The van der Waals surface area contributed by atoms with Crippen molar-refractivity contribution in [1.82, 2.24) is 4.31 Å². The fraction of sp³-hybridized carbons (Fsp3) is 0.538. The summed E-state index contributed by atoms with van der Waals surface area (Å²) in [5, 5.41) is 0. The van der Waals surface area contributed by atoms with E-state index >= 15 is 0 Å². The molecular formula is C13H18F2N2O2S. The summed E-state index contributed by atoms with van der Waals surface area (Å²) in [4.78, 5) is -0.882. The average molecular weight is 304 g/mol. The van der Waals surface area contributed by atoms with Gasteiger partial charge in [0.15, 0.2) is 4.90 Å². The second-order valence-electron chi connectivity index (χ2n) is 5.06. The van der Waals surface area contributed by atoms with Crippen LogP contribution in [0.4, 0.5) is 8.78 Å². The molecule has 2 N–H and O–H groups in total. The zero-order chi connectivity index (χ0) is 14.9. The molecule has 0 radical (unpaired) electrons. The molecule has 0 aliphatic carbocycles. The minimum Gasteiger partial charge on any atom is -0.329 e. The van der Waals surface area contributed by atoms with Gasteiger partial charge in [0.1, 0.15) is 11.6 Å². The lowest BCUT2D eigenvalue weighted by atomic mass is 10.00. The minimum atomic E-state index is -4.23. The molecule has 20 heavy (non-hydrogen) atoms. The van der Waals surface area contributed by atoms with Crippen LogP contribution in [0.1, 0.15) is 26.2 Å². The van der Waals surface area contributed by atoms with E-state index in [1.807, 2.05) is 0 Å². The van der Waals surface area contributed by atoms with Gasteiger partial charge in [-0.2, -0.15) is 4.31 Å². The van der Waals surface area contributed by atoms with E-state index in [1.165, 1.54) is 0 Å². The fourth-order valence-corrected chi connectivity index (χ4v) is 4.76. The van der Waals surface area contributed by atoms with Gasteiger partial charge in [-0.1, -0.05) is 12.5 Å². The molecule has 0 amide bonds. The zero-order valence-electron chi connectivity index (χ0n) is 11.2. The molecule has 7 heteroatoms. The number of nitrogens with two attached hydrogens (primary N) is 1. The highest BCUT2D eigenvalue weighted by atomic mass is 32.2. The normalized spacial score (nSPS) is 24.8. The van der Waals surface area contributed by atoms with Crippen LogP contribution >= 0.6 is 0 Å². The smallest absolute Gasteiger partial charge is 0.249 e. The lowest BCUT2D eigenvalue weighted by Crippen LogP contribution is -2.52. The molecule has 1 aromatic rings. The van der Waals surface area contributed by atoms with Crippen LogP contribution in [0.5, 0.6) is 0 Å². The van der Waals surface area contributed by atoms with Gasteiger partial charge in [0.25, 0.3) is 0 Å². The quantitative estimate of drug-likeness (QED) is 0.927. The Bertz CT molecular complexity index is 572. The molecule has 2 unspecified atom stereocenters. The number of halogens is 2. The van der Waals surface area contributed by atoms with E-state index in [0.717, 1.165) is 28.9 Å². The van der Waals surface area contributed by atoms with Gasteiger partial charge in [0.05, 0.1) is 0 Å². The van der Waals surface area contributed by atoms with E-state index < -0.39 is 32.6 Å². The summed E-state index contributed by atoms with van der Waals surface area (Å²) in [5.74, 6) is -2.14. The highest BCUT2D eigenvalue weighted by Crippen LogP contribution is 2.31. The van der Waals surface area contributed by atoms with Gasteiger partial charge in [-0.05, 0) is 31.9 Å². The summed E-state index contributed by atoms with van der Waals surface area (Å²) >= 11 is 0. The van der Waals surface area contributed by atoms with Crippen molar-refractivity contribution in [1.29, 1.82) is 0 Å². The second-order valence-corrected chi connectivity index (χ2v) is 6.84. The number of benzene rings is 1. The molecule has 4 nitrogen and oxygen atoms in total. The maximum absolute atomic E-state index is 13.8. The van der Waals surface area contributed by atoms with E-state index in [1.54, 1.807) is 6.92 Å². The van der Waals surface area contributed by atoms with Crippen LogP contribution in [-0.4, -0.2) is 31.4 Å². The second kappa shape index (κ2) is 5.75. The molecule has 0 spiro atoms. The number of hydrogen-bond donors (Lipinski definition) is 1. The first-order valence-corrected chi connectivity index (χ1v) is 8.01. The van der Waals surface area contributed by atoms with Gasteiger partial charge >= 0.3 is 0 Å². The maximum Gasteiger partial charge on any atom is 0.249 e. The Hall–Kier alpha value is -1.05. The molecule has 1 heterocycles. The van der Waals surface area contributed by atoms with Crippen molar-refractivity contribution in [2.24, 2.45) is 5.73 Å². The van der Waals surface area contributed by atoms with Crippen molar-refractivity contribution in [3.63, 3.8) is 0 Å². The molecule has 112 valence electrons. The number of piperidine rings is 1. The monoisotopic (exact) mass is 304 g/mol. The van der Waals surface area contributed by atoms with Crippen molar-refractivity contribution in [3.8, 4) is 0 Å². The first-order valence-electron chi connectivity index (χ1n) is 6.57. The van der Waals surface area contributed by atoms with Crippen molar-refractivity contribution >= 4 is 10.0 Å². The molecule has 0 saturated carbocycles. The van der Waals surface area contributed by atoms with Crippen molar-refractivity contribution < 1.29 is 17.2 Å². The molecule has 2 atom stereocenters. The van der Waals surface area contributed by atoms with Gasteiger partial charge in [-0.3, -0.25) is 0 Å². The standard InChI is InChI=1S/C13H18F2N2O2S/c1-9-4-2-5-10(8-16)17(9)20(18,19)13-11(14)6-3-7-12(13)15/h3,6-7,9-10H,2,4-5,8,16H2,1H3. The van der Waals surface area contributed by atoms with Gasteiger partial charge in [-0.25, -0.2) is 17.2 Å². The summed E-state index contributed by atoms with van der Waals surface area (Å²) in [5.41, 5.74) is 5.61. The molecule has 1 saturated heterocycles. The first kappa shape index (κ1) is 15.3. The number of sulfonamides is 1. The van der Waals surface area contributed by atoms with Crippen LogP contribution in [0.15, 0.2) is 23.1 Å². The maximum atomic E-state index is 13.8. The van der Waals surface area contributed by atoms with Crippen LogP contribution in [0.25, 0.3) is 0 Å². The van der Waals surface area contributed by atoms with Crippen molar-refractivity contribution in [3.05, 3.63) is 29.8 Å². The minimum absolute atomic E-state index is 0.139. The Morgan fingerprint density at radius 2 is 1.90 bits per heavy atom. The van der Waals surface area contributed by atoms with Crippen LogP contribution in [0, 0.1) is 11.6 Å². The highest BCUT2D eigenvalue weighted by Gasteiger charge is 2.39. The van der Waals surface area contributed by atoms with Gasteiger partial charge < -0.3 is 5.73 Å². The van der Waals surface area contributed by atoms with Crippen molar-refractivity contribution in [2.45, 2.75) is 43.2 Å². The third-order valence-corrected chi connectivity index (χ3v) is 5.80. The van der Waals surface area contributed by atoms with E-state index in [-0.39, 0.29) is 12.6 Å². The summed E-state index contributed by atoms with van der Waals surface area (Å²) < 4.78 is 53.9. The topological polar surface area (TPSA) is 63.4 Å². The third kappa shape index (κ3) is 2.57. The lowest BCUT2D eigenvalue weighted by molar-refractivity contribution is 0.195. The van der Waals surface area contributed by atoms with E-state index in [2.05, 4.69) is 0 Å². The lowest BCUT2D eigenvalue weighted by Gasteiger charge is -2.39. The molecular weight excluding hydrogens is 286 g/mol. The summed E-state index contributed by atoms with van der Waals surface area (Å²) in [7, 11) is -4.23. The molecule has 2 rings (SSSR count). The first-order chi connectivity index (χ1) is 9.39. The largest absolute Gasteiger partial charge is 0.329 e. The van der Waals surface area contributed by atoms with E-state index in [0.29, 0.717) is 12.8 Å². The Labute approximate surface area is 117 Å².